The van der Waals surface area contributed by atoms with Gasteiger partial charge in [-0.15, -0.1) is 0 Å². The minimum atomic E-state index is 1.26. The van der Waals surface area contributed by atoms with Gasteiger partial charge < -0.3 is 0 Å². The molecule has 0 aromatic heterocycles. The fourth-order valence-corrected chi connectivity index (χ4v) is 1.80. The van der Waals surface area contributed by atoms with E-state index in [2.05, 4.69) is 38.5 Å². The molecule has 0 aromatic carbocycles. The van der Waals surface area contributed by atoms with Gasteiger partial charge in [-0.2, -0.15) is 0 Å². The van der Waals surface area contributed by atoms with Crippen molar-refractivity contribution in [2.45, 2.75) is 19.3 Å². The molecular weight excluding hydrogens is 267 g/mol. The van der Waals surface area contributed by atoms with Gasteiger partial charge >= 0.3 is 0 Å². The normalized spacial score (nSPS) is 21.4. The molecule has 0 unspecified atom stereocenters. The van der Waals surface area contributed by atoms with Gasteiger partial charge in [-0.3, -0.25) is 0 Å². The molecule has 0 amide bonds. The first-order valence-electron chi connectivity index (χ1n) is 2.34. The molecule has 0 spiro atoms. The molecule has 0 bridgehead atoms. The highest BCUT2D eigenvalue weighted by molar-refractivity contribution is 14.1. The van der Waals surface area contributed by atoms with E-state index in [1.165, 1.54) is 27.3 Å². The summed E-state index contributed by atoms with van der Waals surface area (Å²) in [5.41, 5.74) is 0. The fourth-order valence-electron chi connectivity index (χ4n) is 0.670. The quantitative estimate of drug-likeness (QED) is 0.594. The second kappa shape index (κ2) is 2.49. The number of halogens is 2. The van der Waals surface area contributed by atoms with Crippen molar-refractivity contribution in [3.63, 3.8) is 0 Å². The van der Waals surface area contributed by atoms with E-state index in [0.29, 0.717) is 0 Å². The van der Waals surface area contributed by atoms with Crippen LogP contribution in [-0.2, 0) is 0 Å². The van der Waals surface area contributed by atoms with Crippen LogP contribution in [0.15, 0.2) is 8.06 Å². The predicted octanol–water partition coefficient (Wildman–Crippen LogP) is 3.21. The second-order valence-electron chi connectivity index (χ2n) is 1.66. The zero-order chi connectivity index (χ0) is 5.28. The summed E-state index contributed by atoms with van der Waals surface area (Å²) in [6.07, 6.45) is 3.90. The third-order valence-electron chi connectivity index (χ3n) is 1.09. The van der Waals surface area contributed by atoms with E-state index in [-0.39, 0.29) is 0 Å². The molecule has 40 valence electrons. The van der Waals surface area contributed by atoms with Crippen molar-refractivity contribution in [2.24, 2.45) is 0 Å². The highest BCUT2D eigenvalue weighted by Gasteiger charge is 2.07. The molecule has 0 heterocycles. The maximum Gasteiger partial charge on any atom is 0.00434 e. The Kier molecular flexibility index (Phi) is 2.16. The zero-order valence-electron chi connectivity index (χ0n) is 3.88. The van der Waals surface area contributed by atoms with E-state index >= 15 is 0 Å². The van der Waals surface area contributed by atoms with Crippen LogP contribution < -0.4 is 0 Å². The van der Waals surface area contributed by atoms with Crippen LogP contribution in [0.3, 0.4) is 0 Å². The number of hydrogen-bond donors (Lipinski definition) is 0. The Bertz CT molecular complexity index is 94.6. The lowest BCUT2D eigenvalue weighted by molar-refractivity contribution is 0.924. The molecule has 0 saturated heterocycles. The molecule has 0 fully saturated rings. The third kappa shape index (κ3) is 1.42. The molecule has 0 N–H and O–H groups in total. The van der Waals surface area contributed by atoms with Crippen LogP contribution in [-0.4, -0.2) is 0 Å². The number of rotatable bonds is 0. The van der Waals surface area contributed by atoms with Crippen molar-refractivity contribution in [3.05, 3.63) is 8.06 Å². The first-order valence-corrected chi connectivity index (χ1v) is 4.21. The smallest absolute Gasteiger partial charge is 0.00434 e. The minimum Gasteiger partial charge on any atom is -0.0549 e. The van der Waals surface area contributed by atoms with E-state index in [1.54, 1.807) is 0 Å². The molecular formula is C5H6BrI. The second-order valence-corrected chi connectivity index (χ2v) is 3.92. The van der Waals surface area contributed by atoms with Crippen molar-refractivity contribution in [1.82, 2.24) is 0 Å². The molecule has 0 radical (unpaired) electrons. The first-order chi connectivity index (χ1) is 3.30. The molecule has 1 aliphatic carbocycles. The van der Waals surface area contributed by atoms with E-state index in [0.717, 1.165) is 0 Å². The van der Waals surface area contributed by atoms with Gasteiger partial charge in [0.25, 0.3) is 0 Å². The molecule has 2 heteroatoms. The minimum absolute atomic E-state index is 1.26. The first kappa shape index (κ1) is 6.08. The van der Waals surface area contributed by atoms with Gasteiger partial charge in [0.1, 0.15) is 0 Å². The van der Waals surface area contributed by atoms with Gasteiger partial charge in [0.05, 0.1) is 0 Å². The summed E-state index contributed by atoms with van der Waals surface area (Å²) >= 11 is 5.87. The van der Waals surface area contributed by atoms with Crippen molar-refractivity contribution >= 4 is 38.5 Å². The maximum atomic E-state index is 3.48. The summed E-state index contributed by atoms with van der Waals surface area (Å²) < 4.78 is 2.94. The predicted molar refractivity (Wildman–Crippen MR) is 43.8 cm³/mol. The third-order valence-corrected chi connectivity index (χ3v) is 3.89. The molecule has 1 aliphatic rings. The highest BCUT2D eigenvalue weighted by atomic mass is 127. The average Bonchev–Trinajstić information content (AvgIpc) is 1.91. The SMILES string of the molecule is BrC1=C(I)CCC1. The van der Waals surface area contributed by atoms with E-state index in [1.807, 2.05) is 0 Å². The fraction of sp³-hybridized carbons (Fsp3) is 0.600. The summed E-state index contributed by atoms with van der Waals surface area (Å²) in [4.78, 5) is 0. The Morgan fingerprint density at radius 2 is 2.14 bits per heavy atom. The van der Waals surface area contributed by atoms with Gasteiger partial charge in [0.15, 0.2) is 0 Å². The Balaban J connectivity index is 2.64. The standard InChI is InChI=1S/C5H6BrI/c6-4-2-1-3-5(4)7/h1-3H2. The Hall–Kier alpha value is 0.950. The van der Waals surface area contributed by atoms with Gasteiger partial charge in [-0.1, -0.05) is 15.9 Å². The molecule has 0 nitrogen and oxygen atoms in total. The van der Waals surface area contributed by atoms with Crippen LogP contribution in [0.2, 0.25) is 0 Å². The van der Waals surface area contributed by atoms with Gasteiger partial charge in [-0.05, 0) is 41.9 Å². The molecule has 0 saturated carbocycles. The van der Waals surface area contributed by atoms with Crippen LogP contribution in [0.5, 0.6) is 0 Å². The van der Waals surface area contributed by atoms with Crippen molar-refractivity contribution < 1.29 is 0 Å². The van der Waals surface area contributed by atoms with Crippen LogP contribution in [0.25, 0.3) is 0 Å². The van der Waals surface area contributed by atoms with Gasteiger partial charge in [0, 0.05) is 8.06 Å². The Labute approximate surface area is 65.6 Å². The van der Waals surface area contributed by atoms with Crippen LogP contribution >= 0.6 is 38.5 Å². The van der Waals surface area contributed by atoms with Crippen molar-refractivity contribution in [2.75, 3.05) is 0 Å². The van der Waals surface area contributed by atoms with Gasteiger partial charge in [0.2, 0.25) is 0 Å². The summed E-state index contributed by atoms with van der Waals surface area (Å²) in [7, 11) is 0. The lowest BCUT2D eigenvalue weighted by Gasteiger charge is -1.82. The lowest BCUT2D eigenvalue weighted by atomic mass is 10.4. The highest BCUT2D eigenvalue weighted by Crippen LogP contribution is 2.33. The number of hydrogen-bond acceptors (Lipinski definition) is 0. The molecule has 0 aromatic rings. The van der Waals surface area contributed by atoms with E-state index < -0.39 is 0 Å². The monoisotopic (exact) mass is 272 g/mol. The molecule has 1 rings (SSSR count). The summed E-state index contributed by atoms with van der Waals surface area (Å²) in [5, 5.41) is 0. The summed E-state index contributed by atoms with van der Waals surface area (Å²) in [5.74, 6) is 0. The maximum absolute atomic E-state index is 3.48. The summed E-state index contributed by atoms with van der Waals surface area (Å²) in [6.45, 7) is 0. The van der Waals surface area contributed by atoms with Crippen molar-refractivity contribution in [3.8, 4) is 0 Å². The molecule has 0 aliphatic heterocycles. The van der Waals surface area contributed by atoms with E-state index in [9.17, 15) is 0 Å². The Morgan fingerprint density at radius 3 is 2.29 bits per heavy atom. The van der Waals surface area contributed by atoms with Gasteiger partial charge in [-0.25, -0.2) is 0 Å². The van der Waals surface area contributed by atoms with Crippen LogP contribution in [0.4, 0.5) is 0 Å². The van der Waals surface area contributed by atoms with E-state index in [4.69, 9.17) is 0 Å². The molecule has 0 atom stereocenters. The average molecular weight is 273 g/mol. The number of allylic oxidation sites excluding steroid dienone is 2. The lowest BCUT2D eigenvalue weighted by Crippen LogP contribution is -1.55. The topological polar surface area (TPSA) is 0 Å². The van der Waals surface area contributed by atoms with Crippen LogP contribution in [0, 0.1) is 0 Å². The zero-order valence-corrected chi connectivity index (χ0v) is 7.62. The Morgan fingerprint density at radius 1 is 1.43 bits per heavy atom. The largest absolute Gasteiger partial charge is 0.0549 e. The van der Waals surface area contributed by atoms with Crippen molar-refractivity contribution in [1.29, 1.82) is 0 Å². The van der Waals surface area contributed by atoms with Crippen LogP contribution in [0.1, 0.15) is 19.3 Å². The molecule has 7 heavy (non-hydrogen) atoms. The summed E-state index contributed by atoms with van der Waals surface area (Å²) in [6, 6.07) is 0.